The number of hydrogen-bond acceptors (Lipinski definition) is 3. The molecule has 2 rings (SSSR count). The lowest BCUT2D eigenvalue weighted by Crippen LogP contribution is -1.94. The van der Waals surface area contributed by atoms with Gasteiger partial charge in [-0.2, -0.15) is 4.98 Å². The second kappa shape index (κ2) is 4.88. The predicted molar refractivity (Wildman–Crippen MR) is 67.9 cm³/mol. The molecule has 0 saturated carbocycles. The Balaban J connectivity index is 2.51. The van der Waals surface area contributed by atoms with E-state index in [1.807, 2.05) is 13.8 Å². The molecule has 0 spiro atoms. The molecule has 4 heteroatoms. The van der Waals surface area contributed by atoms with Crippen LogP contribution in [0.15, 0.2) is 22.7 Å². The molecule has 0 radical (unpaired) electrons. The third-order valence-corrected chi connectivity index (χ3v) is 2.83. The van der Waals surface area contributed by atoms with Crippen molar-refractivity contribution in [2.45, 2.75) is 39.5 Å². The average molecular weight is 248 g/mol. The van der Waals surface area contributed by atoms with Gasteiger partial charge in [0.1, 0.15) is 5.82 Å². The molecule has 0 aliphatic carbocycles. The Hall–Kier alpha value is -1.71. The van der Waals surface area contributed by atoms with Gasteiger partial charge in [0.2, 0.25) is 0 Å². The SMILES string of the molecule is CC(C)c1noc(-c2cc(F)ccc2C(C)C)n1. The fourth-order valence-corrected chi connectivity index (χ4v) is 1.80. The van der Waals surface area contributed by atoms with E-state index >= 15 is 0 Å². The van der Waals surface area contributed by atoms with Gasteiger partial charge in [-0.1, -0.05) is 38.9 Å². The number of halogens is 1. The van der Waals surface area contributed by atoms with E-state index in [2.05, 4.69) is 24.0 Å². The Morgan fingerprint density at radius 3 is 2.39 bits per heavy atom. The van der Waals surface area contributed by atoms with E-state index in [-0.39, 0.29) is 17.7 Å². The Morgan fingerprint density at radius 1 is 1.11 bits per heavy atom. The molecule has 18 heavy (non-hydrogen) atoms. The summed E-state index contributed by atoms with van der Waals surface area (Å²) in [6.45, 7) is 8.08. The number of hydrogen-bond donors (Lipinski definition) is 0. The van der Waals surface area contributed by atoms with Crippen LogP contribution >= 0.6 is 0 Å². The molecule has 1 aromatic carbocycles. The third-order valence-electron chi connectivity index (χ3n) is 2.83. The van der Waals surface area contributed by atoms with Crippen LogP contribution in [0.5, 0.6) is 0 Å². The molecule has 0 aliphatic rings. The number of nitrogens with zero attached hydrogens (tertiary/aromatic N) is 2. The van der Waals surface area contributed by atoms with Gasteiger partial charge in [-0.15, -0.1) is 0 Å². The first-order valence-corrected chi connectivity index (χ1v) is 6.12. The minimum atomic E-state index is -0.293. The van der Waals surface area contributed by atoms with Crippen LogP contribution in [0, 0.1) is 5.82 Å². The van der Waals surface area contributed by atoms with Crippen molar-refractivity contribution in [2.24, 2.45) is 0 Å². The van der Waals surface area contributed by atoms with Crippen LogP contribution in [-0.2, 0) is 0 Å². The highest BCUT2D eigenvalue weighted by Crippen LogP contribution is 2.29. The molecule has 0 aliphatic heterocycles. The zero-order chi connectivity index (χ0) is 13.3. The first-order chi connectivity index (χ1) is 8.49. The van der Waals surface area contributed by atoms with Crippen molar-refractivity contribution in [3.63, 3.8) is 0 Å². The minimum Gasteiger partial charge on any atom is -0.334 e. The summed E-state index contributed by atoms with van der Waals surface area (Å²) in [5, 5.41) is 3.91. The number of benzene rings is 1. The van der Waals surface area contributed by atoms with Crippen molar-refractivity contribution in [3.05, 3.63) is 35.4 Å². The third kappa shape index (κ3) is 2.42. The summed E-state index contributed by atoms with van der Waals surface area (Å²) in [5.74, 6) is 1.21. The molecular formula is C14H17FN2O. The molecule has 0 saturated heterocycles. The maximum atomic E-state index is 13.4. The molecule has 3 nitrogen and oxygen atoms in total. The van der Waals surface area contributed by atoms with Gasteiger partial charge < -0.3 is 4.52 Å². The van der Waals surface area contributed by atoms with Crippen molar-refractivity contribution in [3.8, 4) is 11.5 Å². The molecule has 0 amide bonds. The Bertz CT molecular complexity index is 546. The van der Waals surface area contributed by atoms with Gasteiger partial charge in [-0.05, 0) is 23.6 Å². The van der Waals surface area contributed by atoms with Crippen LogP contribution in [0.4, 0.5) is 4.39 Å². The topological polar surface area (TPSA) is 38.9 Å². The normalized spacial score (nSPS) is 11.5. The lowest BCUT2D eigenvalue weighted by atomic mass is 9.97. The summed E-state index contributed by atoms with van der Waals surface area (Å²) in [7, 11) is 0. The van der Waals surface area contributed by atoms with E-state index in [0.29, 0.717) is 17.3 Å². The van der Waals surface area contributed by atoms with E-state index in [9.17, 15) is 4.39 Å². The predicted octanol–water partition coefficient (Wildman–Crippen LogP) is 4.12. The maximum absolute atomic E-state index is 13.4. The van der Waals surface area contributed by atoms with Crippen LogP contribution in [0.1, 0.15) is 50.9 Å². The fraction of sp³-hybridized carbons (Fsp3) is 0.429. The average Bonchev–Trinajstić information content (AvgIpc) is 2.77. The van der Waals surface area contributed by atoms with Crippen LogP contribution in [0.2, 0.25) is 0 Å². The smallest absolute Gasteiger partial charge is 0.258 e. The quantitative estimate of drug-likeness (QED) is 0.820. The van der Waals surface area contributed by atoms with Gasteiger partial charge in [-0.3, -0.25) is 0 Å². The highest BCUT2D eigenvalue weighted by atomic mass is 19.1. The molecule has 0 fully saturated rings. The Kier molecular flexibility index (Phi) is 3.45. The molecule has 1 heterocycles. The van der Waals surface area contributed by atoms with Gasteiger partial charge in [0, 0.05) is 11.5 Å². The van der Waals surface area contributed by atoms with Crippen molar-refractivity contribution in [1.82, 2.24) is 10.1 Å². The number of aromatic nitrogens is 2. The number of rotatable bonds is 3. The zero-order valence-electron chi connectivity index (χ0n) is 11.1. The van der Waals surface area contributed by atoms with Crippen molar-refractivity contribution in [1.29, 1.82) is 0 Å². The van der Waals surface area contributed by atoms with Gasteiger partial charge in [0.05, 0.1) is 0 Å². The first kappa shape index (κ1) is 12.7. The van der Waals surface area contributed by atoms with Crippen molar-refractivity contribution < 1.29 is 8.91 Å². The summed E-state index contributed by atoms with van der Waals surface area (Å²) >= 11 is 0. The first-order valence-electron chi connectivity index (χ1n) is 6.12. The molecule has 2 aromatic rings. The molecule has 1 aromatic heterocycles. The monoisotopic (exact) mass is 248 g/mol. The molecule has 0 N–H and O–H groups in total. The zero-order valence-corrected chi connectivity index (χ0v) is 11.1. The van der Waals surface area contributed by atoms with E-state index in [4.69, 9.17) is 4.52 Å². The van der Waals surface area contributed by atoms with Gasteiger partial charge >= 0.3 is 0 Å². The summed E-state index contributed by atoms with van der Waals surface area (Å²) in [4.78, 5) is 4.32. The Labute approximate surface area is 106 Å². The van der Waals surface area contributed by atoms with Crippen LogP contribution in [-0.4, -0.2) is 10.1 Å². The highest BCUT2D eigenvalue weighted by Gasteiger charge is 2.17. The summed E-state index contributed by atoms with van der Waals surface area (Å²) < 4.78 is 18.6. The lowest BCUT2D eigenvalue weighted by molar-refractivity contribution is 0.418. The van der Waals surface area contributed by atoms with E-state index in [1.54, 1.807) is 6.07 Å². The lowest BCUT2D eigenvalue weighted by Gasteiger charge is -2.09. The van der Waals surface area contributed by atoms with Crippen molar-refractivity contribution >= 4 is 0 Å². The molecular weight excluding hydrogens is 231 g/mol. The van der Waals surface area contributed by atoms with Crippen molar-refractivity contribution in [2.75, 3.05) is 0 Å². The summed E-state index contributed by atoms with van der Waals surface area (Å²) in [6, 6.07) is 4.68. The second-order valence-electron chi connectivity index (χ2n) is 5.00. The van der Waals surface area contributed by atoms with E-state index < -0.39 is 0 Å². The maximum Gasteiger partial charge on any atom is 0.258 e. The second-order valence-corrected chi connectivity index (χ2v) is 5.00. The van der Waals surface area contributed by atoms with Crippen LogP contribution in [0.3, 0.4) is 0 Å². The molecule has 0 bridgehead atoms. The van der Waals surface area contributed by atoms with Crippen LogP contribution < -0.4 is 0 Å². The molecule has 0 unspecified atom stereocenters. The molecule has 96 valence electrons. The Morgan fingerprint density at radius 2 is 1.83 bits per heavy atom. The van der Waals surface area contributed by atoms with E-state index in [0.717, 1.165) is 5.56 Å². The van der Waals surface area contributed by atoms with Gasteiger partial charge in [0.25, 0.3) is 5.89 Å². The molecule has 0 atom stereocenters. The standard InChI is InChI=1S/C14H17FN2O/c1-8(2)11-6-5-10(15)7-12(11)14-16-13(9(3)4)17-18-14/h5-9H,1-4H3. The largest absolute Gasteiger partial charge is 0.334 e. The van der Waals surface area contributed by atoms with Crippen LogP contribution in [0.25, 0.3) is 11.5 Å². The summed E-state index contributed by atoms with van der Waals surface area (Å²) in [6.07, 6.45) is 0. The van der Waals surface area contributed by atoms with Gasteiger partial charge in [0.15, 0.2) is 5.82 Å². The fourth-order valence-electron chi connectivity index (χ4n) is 1.80. The van der Waals surface area contributed by atoms with E-state index in [1.165, 1.54) is 12.1 Å². The minimum absolute atomic E-state index is 0.193. The summed E-state index contributed by atoms with van der Waals surface area (Å²) in [5.41, 5.74) is 1.69. The van der Waals surface area contributed by atoms with Gasteiger partial charge in [-0.25, -0.2) is 4.39 Å². The highest BCUT2D eigenvalue weighted by molar-refractivity contribution is 5.59.